The summed E-state index contributed by atoms with van der Waals surface area (Å²) in [5, 5.41) is 0. The molecule has 0 unspecified atom stereocenters. The fourth-order valence-corrected chi connectivity index (χ4v) is 3.55. The lowest BCUT2D eigenvalue weighted by atomic mass is 10.1. The summed E-state index contributed by atoms with van der Waals surface area (Å²) in [5.74, 6) is 0. The summed E-state index contributed by atoms with van der Waals surface area (Å²) in [6, 6.07) is 18.0. The predicted octanol–water partition coefficient (Wildman–Crippen LogP) is 3.31. The molecule has 0 N–H and O–H groups in total. The highest BCUT2D eigenvalue weighted by Gasteiger charge is 2.20. The van der Waals surface area contributed by atoms with Crippen LogP contribution in [0.1, 0.15) is 11.1 Å². The van der Waals surface area contributed by atoms with Crippen molar-refractivity contribution in [2.24, 2.45) is 14.1 Å². The normalized spacial score (nSPS) is 11.3. The van der Waals surface area contributed by atoms with Crippen LogP contribution < -0.4 is 11.2 Å². The quantitative estimate of drug-likeness (QED) is 0.551. The number of rotatable bonds is 2. The molecule has 0 aliphatic carbocycles. The fourth-order valence-electron chi connectivity index (χ4n) is 3.55. The third-order valence-corrected chi connectivity index (χ3v) is 5.14. The number of hydrogen-bond donors (Lipinski definition) is 0. The van der Waals surface area contributed by atoms with Gasteiger partial charge in [0.15, 0.2) is 0 Å². The molecule has 136 valence electrons. The van der Waals surface area contributed by atoms with Gasteiger partial charge in [-0.25, -0.2) is 4.79 Å². The summed E-state index contributed by atoms with van der Waals surface area (Å²) < 4.78 is 4.65. The number of fused-ring (bicyclic) bond motifs is 1. The van der Waals surface area contributed by atoms with Gasteiger partial charge in [0.05, 0.1) is 11.2 Å². The van der Waals surface area contributed by atoms with Crippen molar-refractivity contribution in [1.82, 2.24) is 13.7 Å². The van der Waals surface area contributed by atoms with Crippen LogP contribution in [0.5, 0.6) is 0 Å². The van der Waals surface area contributed by atoms with Crippen LogP contribution in [0.2, 0.25) is 0 Å². The first-order valence-electron chi connectivity index (χ1n) is 8.84. The highest BCUT2D eigenvalue weighted by molar-refractivity contribution is 5.87. The van der Waals surface area contributed by atoms with Crippen molar-refractivity contribution in [2.75, 3.05) is 0 Å². The number of aromatic nitrogens is 3. The lowest BCUT2D eigenvalue weighted by Crippen LogP contribution is -2.37. The first kappa shape index (κ1) is 17.1. The molecule has 4 rings (SSSR count). The topological polar surface area (TPSA) is 48.9 Å². The van der Waals surface area contributed by atoms with Gasteiger partial charge < -0.3 is 4.57 Å². The van der Waals surface area contributed by atoms with E-state index >= 15 is 0 Å². The zero-order valence-electron chi connectivity index (χ0n) is 15.9. The van der Waals surface area contributed by atoms with E-state index in [1.807, 2.05) is 73.0 Å². The fraction of sp³-hybridized carbons (Fsp3) is 0.182. The third-order valence-electron chi connectivity index (χ3n) is 5.14. The molecule has 4 aromatic rings. The van der Waals surface area contributed by atoms with Gasteiger partial charge in [-0.05, 0) is 37.6 Å². The minimum atomic E-state index is -0.329. The molecule has 2 aromatic heterocycles. The average molecular weight is 359 g/mol. The van der Waals surface area contributed by atoms with Crippen molar-refractivity contribution in [3.8, 4) is 16.9 Å². The maximum Gasteiger partial charge on any atom is 0.331 e. The Morgan fingerprint density at radius 3 is 2.15 bits per heavy atom. The molecule has 0 amide bonds. The SMILES string of the molecule is Cc1ccc(-n2c(-c3ccccc3C)cc3c2c(=O)n(C)c(=O)n3C)cc1. The summed E-state index contributed by atoms with van der Waals surface area (Å²) in [4.78, 5) is 25.4. The Kier molecular flexibility index (Phi) is 3.88. The van der Waals surface area contributed by atoms with Crippen LogP contribution in [0.3, 0.4) is 0 Å². The van der Waals surface area contributed by atoms with Crippen molar-refractivity contribution < 1.29 is 0 Å². The molecular formula is C22H21N3O2. The van der Waals surface area contributed by atoms with Gasteiger partial charge in [-0.15, -0.1) is 0 Å². The Balaban J connectivity index is 2.23. The third kappa shape index (κ3) is 2.54. The molecule has 0 saturated heterocycles. The van der Waals surface area contributed by atoms with Gasteiger partial charge in [0, 0.05) is 25.3 Å². The lowest BCUT2D eigenvalue weighted by Gasteiger charge is -2.13. The molecule has 5 nitrogen and oxygen atoms in total. The molecular weight excluding hydrogens is 338 g/mol. The molecule has 0 fully saturated rings. The van der Waals surface area contributed by atoms with Crippen molar-refractivity contribution in [2.45, 2.75) is 13.8 Å². The van der Waals surface area contributed by atoms with E-state index in [2.05, 4.69) is 0 Å². The Hall–Kier alpha value is -3.34. The van der Waals surface area contributed by atoms with E-state index in [1.54, 1.807) is 7.05 Å². The van der Waals surface area contributed by atoms with Crippen LogP contribution in [0, 0.1) is 13.8 Å². The molecule has 0 bridgehead atoms. The average Bonchev–Trinajstić information content (AvgIpc) is 3.06. The van der Waals surface area contributed by atoms with E-state index in [1.165, 1.54) is 11.6 Å². The molecule has 0 atom stereocenters. The van der Waals surface area contributed by atoms with Crippen LogP contribution >= 0.6 is 0 Å². The summed E-state index contributed by atoms with van der Waals surface area (Å²) in [5.41, 5.74) is 5.57. The van der Waals surface area contributed by atoms with Crippen LogP contribution in [0.15, 0.2) is 64.2 Å². The van der Waals surface area contributed by atoms with E-state index in [0.717, 1.165) is 32.6 Å². The van der Waals surface area contributed by atoms with Gasteiger partial charge in [-0.1, -0.05) is 42.0 Å². The smallest absolute Gasteiger partial charge is 0.303 e. The second kappa shape index (κ2) is 6.13. The molecule has 2 heterocycles. The zero-order chi connectivity index (χ0) is 19.3. The maximum absolute atomic E-state index is 13.0. The Morgan fingerprint density at radius 1 is 0.815 bits per heavy atom. The molecule has 27 heavy (non-hydrogen) atoms. The second-order valence-corrected chi connectivity index (χ2v) is 6.96. The van der Waals surface area contributed by atoms with E-state index in [0.29, 0.717) is 11.0 Å². The Morgan fingerprint density at radius 2 is 1.48 bits per heavy atom. The zero-order valence-corrected chi connectivity index (χ0v) is 15.9. The summed E-state index contributed by atoms with van der Waals surface area (Å²) in [6.45, 7) is 4.08. The van der Waals surface area contributed by atoms with Crippen molar-refractivity contribution >= 4 is 11.0 Å². The van der Waals surface area contributed by atoms with Crippen LogP contribution in [0.4, 0.5) is 0 Å². The predicted molar refractivity (Wildman–Crippen MR) is 109 cm³/mol. The van der Waals surface area contributed by atoms with E-state index in [-0.39, 0.29) is 11.2 Å². The molecule has 2 aromatic carbocycles. The van der Waals surface area contributed by atoms with Crippen LogP contribution in [-0.4, -0.2) is 13.7 Å². The van der Waals surface area contributed by atoms with E-state index in [4.69, 9.17) is 0 Å². The lowest BCUT2D eigenvalue weighted by molar-refractivity contribution is 0.711. The maximum atomic E-state index is 13.0. The van der Waals surface area contributed by atoms with Gasteiger partial charge in [0.1, 0.15) is 5.52 Å². The number of nitrogens with zero attached hydrogens (tertiary/aromatic N) is 3. The van der Waals surface area contributed by atoms with Crippen molar-refractivity contribution in [3.05, 3.63) is 86.6 Å². The number of hydrogen-bond acceptors (Lipinski definition) is 2. The molecule has 0 saturated carbocycles. The minimum Gasteiger partial charge on any atom is -0.303 e. The van der Waals surface area contributed by atoms with Gasteiger partial charge >= 0.3 is 5.69 Å². The summed E-state index contributed by atoms with van der Waals surface area (Å²) >= 11 is 0. The standard InChI is InChI=1S/C22H21N3O2/c1-14-9-11-16(12-10-14)25-18(17-8-6-5-7-15(17)2)13-19-20(25)21(26)24(4)22(27)23(19)3/h5-13H,1-4H3. The molecule has 0 radical (unpaired) electrons. The molecule has 5 heteroatoms. The van der Waals surface area contributed by atoms with E-state index < -0.39 is 0 Å². The summed E-state index contributed by atoms with van der Waals surface area (Å²) in [7, 11) is 3.22. The first-order valence-corrected chi connectivity index (χ1v) is 8.84. The van der Waals surface area contributed by atoms with Crippen LogP contribution in [0.25, 0.3) is 28.0 Å². The van der Waals surface area contributed by atoms with Crippen molar-refractivity contribution in [3.63, 3.8) is 0 Å². The summed E-state index contributed by atoms with van der Waals surface area (Å²) in [6.07, 6.45) is 0. The highest BCUT2D eigenvalue weighted by atomic mass is 16.2. The van der Waals surface area contributed by atoms with Crippen molar-refractivity contribution in [1.29, 1.82) is 0 Å². The van der Waals surface area contributed by atoms with Gasteiger partial charge in [-0.2, -0.15) is 0 Å². The van der Waals surface area contributed by atoms with Crippen LogP contribution in [-0.2, 0) is 14.1 Å². The Bertz CT molecular complexity index is 1290. The first-order chi connectivity index (χ1) is 12.9. The largest absolute Gasteiger partial charge is 0.331 e. The second-order valence-electron chi connectivity index (χ2n) is 6.96. The number of aryl methyl sites for hydroxylation is 3. The molecule has 0 aliphatic heterocycles. The van der Waals surface area contributed by atoms with Gasteiger partial charge in [0.25, 0.3) is 5.56 Å². The Labute approximate surface area is 156 Å². The van der Waals surface area contributed by atoms with E-state index in [9.17, 15) is 9.59 Å². The molecule has 0 aliphatic rings. The highest BCUT2D eigenvalue weighted by Crippen LogP contribution is 2.31. The van der Waals surface area contributed by atoms with Gasteiger partial charge in [0.2, 0.25) is 0 Å². The van der Waals surface area contributed by atoms with Gasteiger partial charge in [-0.3, -0.25) is 13.9 Å². The number of benzene rings is 2. The minimum absolute atomic E-state index is 0.298. The molecule has 0 spiro atoms. The monoisotopic (exact) mass is 359 g/mol.